The van der Waals surface area contributed by atoms with Gasteiger partial charge in [0.05, 0.1) is 25.0 Å². The Balaban J connectivity index is 0. The standard InChI is InChI=1S/C11H18O2.C11H16O2.C2H6O.CH4.CH3.Pd/c2*1-2-13-11(12)10-7-8-3-5-9(10)6-4-8;1-2-3;;;/h8-10H,2-7H2,1H3;3,5,8-10H,2,4,6-7H2,1H3;3H,2H2,1H3;1H4;1H3;/q;;;;-1;. The molecule has 0 heterocycles. The number of aliphatic hydroxyl groups excluding tert-OH is 1. The minimum Gasteiger partial charge on any atom is -0.466 e. The first-order valence-corrected chi connectivity index (χ1v) is 11.7. The Morgan fingerprint density at radius 1 is 0.844 bits per heavy atom. The molecule has 0 saturated heterocycles. The van der Waals surface area contributed by atoms with Crippen LogP contribution in [0.2, 0.25) is 0 Å². The van der Waals surface area contributed by atoms with E-state index in [4.69, 9.17) is 14.6 Å². The van der Waals surface area contributed by atoms with E-state index in [0.29, 0.717) is 31.0 Å². The monoisotopic (exact) mass is 545 g/mol. The Morgan fingerprint density at radius 3 is 1.72 bits per heavy atom. The Hall–Kier alpha value is -0.698. The first kappa shape index (κ1) is 33.5. The molecule has 4 unspecified atom stereocenters. The second-order valence-electron chi connectivity index (χ2n) is 8.67. The van der Waals surface area contributed by atoms with Crippen molar-refractivity contribution in [2.75, 3.05) is 19.8 Å². The maximum Gasteiger partial charge on any atom is 0.309 e. The molecule has 4 atom stereocenters. The Morgan fingerprint density at radius 2 is 1.38 bits per heavy atom. The van der Waals surface area contributed by atoms with Crippen LogP contribution in [0.5, 0.6) is 0 Å². The van der Waals surface area contributed by atoms with Crippen molar-refractivity contribution in [3.05, 3.63) is 19.6 Å². The van der Waals surface area contributed by atoms with Gasteiger partial charge in [-0.1, -0.05) is 32.4 Å². The average molecular weight is 546 g/mol. The Bertz CT molecular complexity index is 542. The number of ether oxygens (including phenoxy) is 2. The van der Waals surface area contributed by atoms with E-state index in [-0.39, 0.29) is 65.7 Å². The molecule has 6 rings (SSSR count). The summed E-state index contributed by atoms with van der Waals surface area (Å²) in [5, 5.41) is 7.57. The van der Waals surface area contributed by atoms with Crippen LogP contribution in [0, 0.1) is 42.9 Å². The second kappa shape index (κ2) is 17.7. The van der Waals surface area contributed by atoms with Gasteiger partial charge in [-0.15, -0.1) is 0 Å². The number of hydrogen-bond donors (Lipinski definition) is 1. The summed E-state index contributed by atoms with van der Waals surface area (Å²) in [5.74, 6) is 3.04. The Labute approximate surface area is 210 Å². The molecule has 5 nitrogen and oxygen atoms in total. The van der Waals surface area contributed by atoms with Crippen molar-refractivity contribution in [3.8, 4) is 0 Å². The molecule has 0 aromatic carbocycles. The molecule has 0 spiro atoms. The van der Waals surface area contributed by atoms with E-state index in [9.17, 15) is 9.59 Å². The largest absolute Gasteiger partial charge is 0.466 e. The SMILES string of the molecule is C.CCO.CCOC(=O)C1CC2C=CC1CC2.CCOC(=O)C1CC2CCC1CC2.[CH3-].[Pd]. The van der Waals surface area contributed by atoms with Gasteiger partial charge in [0, 0.05) is 27.0 Å². The van der Waals surface area contributed by atoms with Crippen LogP contribution in [0.3, 0.4) is 0 Å². The second-order valence-corrected chi connectivity index (χ2v) is 8.67. The maximum absolute atomic E-state index is 11.6. The number of rotatable bonds is 4. The van der Waals surface area contributed by atoms with Crippen LogP contribution < -0.4 is 0 Å². The third-order valence-electron chi connectivity index (χ3n) is 6.80. The molecule has 6 heteroatoms. The van der Waals surface area contributed by atoms with Crippen LogP contribution in [0.25, 0.3) is 0 Å². The first-order chi connectivity index (χ1) is 14.0. The zero-order valence-electron chi connectivity index (χ0n) is 19.8. The van der Waals surface area contributed by atoms with Gasteiger partial charge in [-0.25, -0.2) is 0 Å². The third-order valence-corrected chi connectivity index (χ3v) is 6.80. The van der Waals surface area contributed by atoms with Gasteiger partial charge in [-0.3, -0.25) is 9.59 Å². The van der Waals surface area contributed by atoms with E-state index in [1.54, 1.807) is 6.92 Å². The minimum absolute atomic E-state index is 0. The molecule has 0 aliphatic heterocycles. The minimum atomic E-state index is 0. The fraction of sp³-hybridized carbons (Fsp3) is 0.808. The molecule has 4 bridgehead atoms. The number of hydrogen-bond acceptors (Lipinski definition) is 5. The van der Waals surface area contributed by atoms with E-state index in [1.165, 1.54) is 38.5 Å². The van der Waals surface area contributed by atoms with Crippen molar-refractivity contribution in [2.45, 2.75) is 79.6 Å². The quantitative estimate of drug-likeness (QED) is 0.215. The molecule has 4 fully saturated rings. The molecule has 0 aromatic rings. The van der Waals surface area contributed by atoms with Crippen LogP contribution in [0.1, 0.15) is 79.6 Å². The number of aliphatic hydroxyl groups is 1. The molecule has 4 saturated carbocycles. The molecule has 32 heavy (non-hydrogen) atoms. The summed E-state index contributed by atoms with van der Waals surface area (Å²) in [6.45, 7) is 6.73. The van der Waals surface area contributed by atoms with Gasteiger partial charge in [0.1, 0.15) is 0 Å². The zero-order valence-corrected chi connectivity index (χ0v) is 21.3. The van der Waals surface area contributed by atoms with Gasteiger partial charge in [0.15, 0.2) is 0 Å². The molecular formula is C26H47O5Pd-. The van der Waals surface area contributed by atoms with Crippen molar-refractivity contribution in [2.24, 2.45) is 35.5 Å². The van der Waals surface area contributed by atoms with Crippen LogP contribution in [0.15, 0.2) is 12.2 Å². The molecule has 192 valence electrons. The van der Waals surface area contributed by atoms with Crippen molar-refractivity contribution in [1.82, 2.24) is 0 Å². The summed E-state index contributed by atoms with van der Waals surface area (Å²) in [5.41, 5.74) is 0. The van der Waals surface area contributed by atoms with E-state index >= 15 is 0 Å². The molecule has 6 aliphatic rings. The summed E-state index contributed by atoms with van der Waals surface area (Å²) in [4.78, 5) is 23.1. The van der Waals surface area contributed by atoms with Crippen molar-refractivity contribution >= 4 is 11.9 Å². The zero-order chi connectivity index (χ0) is 21.2. The molecule has 1 N–H and O–H groups in total. The summed E-state index contributed by atoms with van der Waals surface area (Å²) in [6, 6.07) is 0. The average Bonchev–Trinajstić information content (AvgIpc) is 2.77. The predicted molar refractivity (Wildman–Crippen MR) is 126 cm³/mol. The summed E-state index contributed by atoms with van der Waals surface area (Å²) in [6.07, 6.45) is 14.2. The van der Waals surface area contributed by atoms with Crippen molar-refractivity contribution in [3.63, 3.8) is 0 Å². The van der Waals surface area contributed by atoms with Gasteiger partial charge in [0.2, 0.25) is 0 Å². The van der Waals surface area contributed by atoms with E-state index in [1.807, 2.05) is 13.8 Å². The Kier molecular flexibility index (Phi) is 18.6. The summed E-state index contributed by atoms with van der Waals surface area (Å²) < 4.78 is 10.2. The number of carbonyl (C=O) groups is 2. The normalized spacial score (nSPS) is 30.5. The number of carbonyl (C=O) groups excluding carboxylic acids is 2. The van der Waals surface area contributed by atoms with Gasteiger partial charge < -0.3 is 22.0 Å². The topological polar surface area (TPSA) is 72.8 Å². The van der Waals surface area contributed by atoms with Crippen molar-refractivity contribution in [1.29, 1.82) is 0 Å². The molecule has 6 aliphatic carbocycles. The number of esters is 2. The molecule has 0 amide bonds. The smallest absolute Gasteiger partial charge is 0.309 e. The van der Waals surface area contributed by atoms with E-state index in [0.717, 1.165) is 18.8 Å². The van der Waals surface area contributed by atoms with Gasteiger partial charge in [0.25, 0.3) is 0 Å². The van der Waals surface area contributed by atoms with Crippen LogP contribution >= 0.6 is 0 Å². The van der Waals surface area contributed by atoms with Crippen molar-refractivity contribution < 1.29 is 44.6 Å². The van der Waals surface area contributed by atoms with E-state index in [2.05, 4.69) is 12.2 Å². The molecule has 0 radical (unpaired) electrons. The molecular weight excluding hydrogens is 499 g/mol. The number of fused-ring (bicyclic) bond motifs is 5. The summed E-state index contributed by atoms with van der Waals surface area (Å²) in [7, 11) is 0. The third kappa shape index (κ3) is 9.66. The maximum atomic E-state index is 11.6. The van der Waals surface area contributed by atoms with Crippen LogP contribution in [-0.4, -0.2) is 36.9 Å². The van der Waals surface area contributed by atoms with Gasteiger partial charge >= 0.3 is 11.9 Å². The number of allylic oxidation sites excluding steroid dienone is 2. The summed E-state index contributed by atoms with van der Waals surface area (Å²) >= 11 is 0. The predicted octanol–water partition coefficient (Wildman–Crippen LogP) is 5.61. The fourth-order valence-corrected chi connectivity index (χ4v) is 5.37. The van der Waals surface area contributed by atoms with Gasteiger partial charge in [-0.2, -0.15) is 0 Å². The first-order valence-electron chi connectivity index (χ1n) is 11.7. The van der Waals surface area contributed by atoms with Crippen LogP contribution in [-0.2, 0) is 39.5 Å². The van der Waals surface area contributed by atoms with E-state index < -0.39 is 0 Å². The molecule has 0 aromatic heterocycles. The fourth-order valence-electron chi connectivity index (χ4n) is 5.37. The van der Waals surface area contributed by atoms with Gasteiger partial charge in [-0.05, 0) is 83.0 Å². The van der Waals surface area contributed by atoms with Crippen LogP contribution in [0.4, 0.5) is 0 Å².